The van der Waals surface area contributed by atoms with Gasteiger partial charge in [0.25, 0.3) is 0 Å². The average Bonchev–Trinajstić information content (AvgIpc) is 2.83. The maximum Gasteiger partial charge on any atom is 0.418 e. The number of imidazole rings is 1. The standard InChI is InChI=1S/C14H14F3N3OS/c1-9(22-13-18-7-8-20(13)2)12(21)19-11-6-4-3-5-10(11)14(15,16)17/h3-9H,1-2H3,(H,19,21). The highest BCUT2D eigenvalue weighted by Gasteiger charge is 2.33. The van der Waals surface area contributed by atoms with Crippen LogP contribution in [0, 0.1) is 0 Å². The number of benzene rings is 1. The number of thioether (sulfide) groups is 1. The highest BCUT2D eigenvalue weighted by molar-refractivity contribution is 8.00. The molecule has 0 aliphatic rings. The van der Waals surface area contributed by atoms with E-state index in [9.17, 15) is 18.0 Å². The number of aromatic nitrogens is 2. The molecular formula is C14H14F3N3OS. The van der Waals surface area contributed by atoms with Crippen LogP contribution in [0.15, 0.2) is 41.8 Å². The van der Waals surface area contributed by atoms with Crippen LogP contribution < -0.4 is 5.32 Å². The van der Waals surface area contributed by atoms with Crippen LogP contribution in [0.5, 0.6) is 0 Å². The molecule has 0 aliphatic heterocycles. The molecule has 0 bridgehead atoms. The van der Waals surface area contributed by atoms with Crippen molar-refractivity contribution in [3.8, 4) is 0 Å². The van der Waals surface area contributed by atoms with Crippen molar-refractivity contribution in [2.75, 3.05) is 5.32 Å². The Morgan fingerprint density at radius 1 is 1.36 bits per heavy atom. The van der Waals surface area contributed by atoms with Gasteiger partial charge in [-0.05, 0) is 19.1 Å². The summed E-state index contributed by atoms with van der Waals surface area (Å²) in [7, 11) is 1.78. The monoisotopic (exact) mass is 329 g/mol. The van der Waals surface area contributed by atoms with E-state index >= 15 is 0 Å². The molecule has 0 fully saturated rings. The lowest BCUT2D eigenvalue weighted by Crippen LogP contribution is -2.24. The van der Waals surface area contributed by atoms with Crippen LogP contribution in [-0.2, 0) is 18.0 Å². The molecule has 1 aromatic heterocycles. The number of rotatable bonds is 4. The maximum atomic E-state index is 12.9. The van der Waals surface area contributed by atoms with E-state index in [1.807, 2.05) is 0 Å². The zero-order valence-electron chi connectivity index (χ0n) is 11.9. The molecule has 0 spiro atoms. The number of anilines is 1. The van der Waals surface area contributed by atoms with Gasteiger partial charge in [-0.2, -0.15) is 13.2 Å². The van der Waals surface area contributed by atoms with E-state index in [0.717, 1.165) is 6.07 Å². The largest absolute Gasteiger partial charge is 0.418 e. The van der Waals surface area contributed by atoms with E-state index in [2.05, 4.69) is 10.3 Å². The minimum absolute atomic E-state index is 0.243. The van der Waals surface area contributed by atoms with Crippen LogP contribution >= 0.6 is 11.8 Å². The molecule has 0 saturated heterocycles. The Kier molecular flexibility index (Phi) is 4.80. The second-order valence-electron chi connectivity index (χ2n) is 4.61. The van der Waals surface area contributed by atoms with Crippen molar-refractivity contribution >= 4 is 23.4 Å². The summed E-state index contributed by atoms with van der Waals surface area (Å²) >= 11 is 1.18. The number of nitrogens with zero attached hydrogens (tertiary/aromatic N) is 2. The molecule has 1 amide bonds. The van der Waals surface area contributed by atoms with Crippen molar-refractivity contribution in [3.05, 3.63) is 42.2 Å². The Labute approximate surface area is 129 Å². The van der Waals surface area contributed by atoms with Crippen LogP contribution in [0.3, 0.4) is 0 Å². The number of amides is 1. The molecule has 1 unspecified atom stereocenters. The molecular weight excluding hydrogens is 315 g/mol. The van der Waals surface area contributed by atoms with Crippen LogP contribution in [0.1, 0.15) is 12.5 Å². The summed E-state index contributed by atoms with van der Waals surface area (Å²) in [6.45, 7) is 1.62. The Balaban J connectivity index is 2.11. The van der Waals surface area contributed by atoms with Gasteiger partial charge in [0.1, 0.15) is 0 Å². The smallest absolute Gasteiger partial charge is 0.329 e. The van der Waals surface area contributed by atoms with Gasteiger partial charge < -0.3 is 9.88 Å². The predicted octanol–water partition coefficient (Wildman–Crippen LogP) is 3.56. The van der Waals surface area contributed by atoms with Gasteiger partial charge >= 0.3 is 6.18 Å². The van der Waals surface area contributed by atoms with Crippen LogP contribution in [0.2, 0.25) is 0 Å². The SMILES string of the molecule is CC(Sc1nccn1C)C(=O)Nc1ccccc1C(F)(F)F. The lowest BCUT2D eigenvalue weighted by atomic mass is 10.1. The fraction of sp³-hybridized carbons (Fsp3) is 0.286. The Bertz CT molecular complexity index is 669. The zero-order valence-corrected chi connectivity index (χ0v) is 12.7. The summed E-state index contributed by atoms with van der Waals surface area (Å²) < 4.78 is 40.4. The molecule has 4 nitrogen and oxygen atoms in total. The van der Waals surface area contributed by atoms with Crippen molar-refractivity contribution < 1.29 is 18.0 Å². The fourth-order valence-electron chi connectivity index (χ4n) is 1.75. The predicted molar refractivity (Wildman–Crippen MR) is 78.6 cm³/mol. The number of nitrogens with one attached hydrogen (secondary N) is 1. The van der Waals surface area contributed by atoms with Gasteiger partial charge in [0.15, 0.2) is 5.16 Å². The summed E-state index contributed by atoms with van der Waals surface area (Å²) in [5, 5.41) is 2.37. The third kappa shape index (κ3) is 3.82. The quantitative estimate of drug-likeness (QED) is 0.873. The van der Waals surface area contributed by atoms with E-state index < -0.39 is 22.9 Å². The highest BCUT2D eigenvalue weighted by Crippen LogP contribution is 2.35. The Hall–Kier alpha value is -1.96. The third-order valence-corrected chi connectivity index (χ3v) is 4.09. The number of aryl methyl sites for hydroxylation is 1. The number of hydrogen-bond acceptors (Lipinski definition) is 3. The average molecular weight is 329 g/mol. The van der Waals surface area contributed by atoms with Crippen molar-refractivity contribution in [2.24, 2.45) is 7.05 Å². The first-order chi connectivity index (χ1) is 10.3. The van der Waals surface area contributed by atoms with E-state index in [1.54, 1.807) is 30.9 Å². The number of carbonyl (C=O) groups is 1. The van der Waals surface area contributed by atoms with Crippen molar-refractivity contribution in [1.29, 1.82) is 0 Å². The Morgan fingerprint density at radius 2 is 2.05 bits per heavy atom. The van der Waals surface area contributed by atoms with E-state index in [1.165, 1.54) is 30.0 Å². The molecule has 0 radical (unpaired) electrons. The third-order valence-electron chi connectivity index (χ3n) is 2.92. The van der Waals surface area contributed by atoms with Crippen LogP contribution in [-0.4, -0.2) is 20.7 Å². The fourth-order valence-corrected chi connectivity index (χ4v) is 2.58. The van der Waals surface area contributed by atoms with Gasteiger partial charge in [-0.3, -0.25) is 4.79 Å². The van der Waals surface area contributed by atoms with Crippen LogP contribution in [0.25, 0.3) is 0 Å². The lowest BCUT2D eigenvalue weighted by molar-refractivity contribution is -0.137. The number of hydrogen-bond donors (Lipinski definition) is 1. The summed E-state index contributed by atoms with van der Waals surface area (Å²) in [4.78, 5) is 16.2. The van der Waals surface area contributed by atoms with Gasteiger partial charge in [0, 0.05) is 19.4 Å². The molecule has 118 valence electrons. The van der Waals surface area contributed by atoms with Crippen molar-refractivity contribution in [3.63, 3.8) is 0 Å². The van der Waals surface area contributed by atoms with Gasteiger partial charge in [-0.1, -0.05) is 23.9 Å². The number of halogens is 3. The van der Waals surface area contributed by atoms with Gasteiger partial charge in [0.05, 0.1) is 16.5 Å². The van der Waals surface area contributed by atoms with Gasteiger partial charge in [-0.25, -0.2) is 4.98 Å². The topological polar surface area (TPSA) is 46.9 Å². The maximum absolute atomic E-state index is 12.9. The summed E-state index contributed by atoms with van der Waals surface area (Å²) in [6, 6.07) is 4.90. The molecule has 1 N–H and O–H groups in total. The highest BCUT2D eigenvalue weighted by atomic mass is 32.2. The molecule has 2 aromatic rings. The molecule has 1 aromatic carbocycles. The summed E-state index contributed by atoms with van der Waals surface area (Å²) in [5.41, 5.74) is -1.11. The minimum atomic E-state index is -4.51. The Morgan fingerprint density at radius 3 is 2.64 bits per heavy atom. The normalized spacial score (nSPS) is 13.0. The van der Waals surface area contributed by atoms with E-state index in [0.29, 0.717) is 5.16 Å². The van der Waals surface area contributed by atoms with Crippen molar-refractivity contribution in [1.82, 2.24) is 9.55 Å². The molecule has 8 heteroatoms. The summed E-state index contributed by atoms with van der Waals surface area (Å²) in [6.07, 6.45) is -1.20. The second kappa shape index (κ2) is 6.43. The zero-order chi connectivity index (χ0) is 16.3. The van der Waals surface area contributed by atoms with Crippen LogP contribution in [0.4, 0.5) is 18.9 Å². The molecule has 1 atom stereocenters. The molecule has 22 heavy (non-hydrogen) atoms. The first-order valence-electron chi connectivity index (χ1n) is 6.40. The minimum Gasteiger partial charge on any atom is -0.329 e. The van der Waals surface area contributed by atoms with Gasteiger partial charge in [-0.15, -0.1) is 0 Å². The molecule has 0 aliphatic carbocycles. The molecule has 2 rings (SSSR count). The van der Waals surface area contributed by atoms with E-state index in [4.69, 9.17) is 0 Å². The summed E-state index contributed by atoms with van der Waals surface area (Å²) in [5.74, 6) is -0.510. The van der Waals surface area contributed by atoms with Crippen molar-refractivity contribution in [2.45, 2.75) is 23.5 Å². The lowest BCUT2D eigenvalue weighted by Gasteiger charge is -2.16. The first-order valence-corrected chi connectivity index (χ1v) is 7.28. The number of para-hydroxylation sites is 1. The second-order valence-corrected chi connectivity index (χ2v) is 5.92. The molecule has 0 saturated carbocycles. The number of alkyl halides is 3. The number of carbonyl (C=O) groups excluding carboxylic acids is 1. The van der Waals surface area contributed by atoms with E-state index in [-0.39, 0.29) is 5.69 Å². The molecule has 1 heterocycles. The first kappa shape index (κ1) is 16.4. The van der Waals surface area contributed by atoms with Gasteiger partial charge in [0.2, 0.25) is 5.91 Å².